The number of pyridine rings is 1. The first-order valence-electron chi connectivity index (χ1n) is 8.37. The minimum atomic E-state index is -3.60. The second-order valence-electron chi connectivity index (χ2n) is 6.36. The second kappa shape index (κ2) is 7.20. The molecule has 2 aromatic rings. The van der Waals surface area contributed by atoms with Crippen molar-refractivity contribution in [3.05, 3.63) is 47.9 Å². The van der Waals surface area contributed by atoms with Gasteiger partial charge in [0.2, 0.25) is 16.0 Å². The molecule has 1 unspecified atom stereocenters. The summed E-state index contributed by atoms with van der Waals surface area (Å²) >= 11 is 0. The first-order chi connectivity index (χ1) is 12.3. The number of aryl methyl sites for hydroxylation is 1. The monoisotopic (exact) mass is 379 g/mol. The van der Waals surface area contributed by atoms with Crippen LogP contribution in [0.2, 0.25) is 0 Å². The zero-order chi connectivity index (χ0) is 18.9. The average Bonchev–Trinajstić information content (AvgIpc) is 2.61. The van der Waals surface area contributed by atoms with E-state index in [1.807, 2.05) is 18.7 Å². The van der Waals surface area contributed by atoms with Crippen LogP contribution in [0.3, 0.4) is 0 Å². The van der Waals surface area contributed by atoms with Gasteiger partial charge in [-0.15, -0.1) is 0 Å². The van der Waals surface area contributed by atoms with E-state index in [0.29, 0.717) is 31.2 Å². The number of halogens is 1. The van der Waals surface area contributed by atoms with Gasteiger partial charge in [-0.1, -0.05) is 6.07 Å². The number of hydrogen-bond acceptors (Lipinski definition) is 5. The highest BCUT2D eigenvalue weighted by atomic mass is 32.2. The van der Waals surface area contributed by atoms with Crippen LogP contribution in [0.4, 0.5) is 10.2 Å². The Hall–Kier alpha value is -2.19. The molecule has 1 fully saturated rings. The van der Waals surface area contributed by atoms with Gasteiger partial charge in [0.15, 0.2) is 0 Å². The lowest BCUT2D eigenvalue weighted by Gasteiger charge is -2.39. The van der Waals surface area contributed by atoms with Crippen molar-refractivity contribution in [1.29, 1.82) is 0 Å². The number of benzene rings is 1. The van der Waals surface area contributed by atoms with Gasteiger partial charge in [-0.2, -0.15) is 8.70 Å². The third-order valence-corrected chi connectivity index (χ3v) is 6.45. The van der Waals surface area contributed by atoms with E-state index in [0.717, 1.165) is 5.56 Å². The van der Waals surface area contributed by atoms with Crippen molar-refractivity contribution in [2.24, 2.45) is 0 Å². The molecule has 0 N–H and O–H groups in total. The summed E-state index contributed by atoms with van der Waals surface area (Å²) in [5.74, 6) is 0.632. The highest BCUT2D eigenvalue weighted by Gasteiger charge is 2.33. The number of rotatable bonds is 4. The maximum absolute atomic E-state index is 13.4. The Bertz CT molecular complexity index is 904. The lowest BCUT2D eigenvalue weighted by molar-refractivity contribution is 0.340. The van der Waals surface area contributed by atoms with E-state index >= 15 is 0 Å². The molecule has 1 saturated heterocycles. The smallest absolute Gasteiger partial charge is 0.243 e. The van der Waals surface area contributed by atoms with Crippen LogP contribution in [-0.4, -0.2) is 50.5 Å². The van der Waals surface area contributed by atoms with E-state index < -0.39 is 16.0 Å². The molecule has 3 rings (SSSR count). The summed E-state index contributed by atoms with van der Waals surface area (Å²) in [6.07, 6.45) is 0. The van der Waals surface area contributed by atoms with Crippen LogP contribution in [0, 0.1) is 12.9 Å². The lowest BCUT2D eigenvalue weighted by Crippen LogP contribution is -2.53. The number of ether oxygens (including phenoxy) is 1. The quantitative estimate of drug-likeness (QED) is 0.764. The zero-order valence-electron chi connectivity index (χ0n) is 15.0. The Morgan fingerprint density at radius 2 is 2.00 bits per heavy atom. The summed E-state index contributed by atoms with van der Waals surface area (Å²) in [4.78, 5) is 6.08. The van der Waals surface area contributed by atoms with Crippen LogP contribution in [0.1, 0.15) is 12.5 Å². The number of nitrogens with zero attached hydrogens (tertiary/aromatic N) is 3. The normalized spacial score (nSPS) is 18.8. The maximum atomic E-state index is 13.4. The fourth-order valence-corrected chi connectivity index (χ4v) is 4.80. The van der Waals surface area contributed by atoms with Crippen LogP contribution in [0.25, 0.3) is 0 Å². The van der Waals surface area contributed by atoms with Gasteiger partial charge in [0.05, 0.1) is 12.0 Å². The number of anilines is 1. The fraction of sp³-hybridized carbons (Fsp3) is 0.389. The fourth-order valence-electron chi connectivity index (χ4n) is 3.20. The Morgan fingerprint density at radius 3 is 2.62 bits per heavy atom. The lowest BCUT2D eigenvalue weighted by atomic mass is 10.2. The largest absolute Gasteiger partial charge is 0.496 e. The first kappa shape index (κ1) is 18.6. The van der Waals surface area contributed by atoms with Crippen LogP contribution in [0.5, 0.6) is 5.75 Å². The van der Waals surface area contributed by atoms with E-state index in [4.69, 9.17) is 4.74 Å². The highest BCUT2D eigenvalue weighted by molar-refractivity contribution is 7.89. The number of sulfonamides is 1. The molecule has 0 spiro atoms. The summed E-state index contributed by atoms with van der Waals surface area (Å²) in [7, 11) is -2.05. The molecule has 0 bridgehead atoms. The summed E-state index contributed by atoms with van der Waals surface area (Å²) in [6.45, 7) is 4.80. The van der Waals surface area contributed by atoms with Gasteiger partial charge in [-0.3, -0.25) is 0 Å². The van der Waals surface area contributed by atoms with Crippen molar-refractivity contribution in [2.45, 2.75) is 24.8 Å². The molecule has 2 heterocycles. The van der Waals surface area contributed by atoms with E-state index in [1.54, 1.807) is 37.4 Å². The number of methoxy groups -OCH3 is 1. The van der Waals surface area contributed by atoms with Crippen molar-refractivity contribution >= 4 is 15.8 Å². The van der Waals surface area contributed by atoms with E-state index in [-0.39, 0.29) is 10.9 Å². The van der Waals surface area contributed by atoms with Crippen molar-refractivity contribution in [2.75, 3.05) is 31.6 Å². The van der Waals surface area contributed by atoms with E-state index in [2.05, 4.69) is 4.98 Å². The zero-order valence-corrected chi connectivity index (χ0v) is 15.8. The van der Waals surface area contributed by atoms with Crippen molar-refractivity contribution < 1.29 is 17.5 Å². The molecule has 1 aliphatic rings. The average molecular weight is 379 g/mol. The molecule has 1 atom stereocenters. The molecule has 140 valence electrons. The molecular weight excluding hydrogens is 357 g/mol. The number of hydrogen-bond donors (Lipinski definition) is 0. The molecule has 0 amide bonds. The summed E-state index contributed by atoms with van der Waals surface area (Å²) in [6, 6.07) is 9.36. The van der Waals surface area contributed by atoms with Crippen molar-refractivity contribution in [3.8, 4) is 5.75 Å². The van der Waals surface area contributed by atoms with Gasteiger partial charge in [0.25, 0.3) is 0 Å². The minimum absolute atomic E-state index is 0.118. The van der Waals surface area contributed by atoms with Crippen LogP contribution >= 0.6 is 0 Å². The van der Waals surface area contributed by atoms with Gasteiger partial charge in [-0.25, -0.2) is 13.4 Å². The molecule has 1 aromatic carbocycles. The van der Waals surface area contributed by atoms with Crippen molar-refractivity contribution in [3.63, 3.8) is 0 Å². The Labute approximate surface area is 153 Å². The Kier molecular flexibility index (Phi) is 5.15. The summed E-state index contributed by atoms with van der Waals surface area (Å²) in [5, 5.41) is 0. The summed E-state index contributed by atoms with van der Waals surface area (Å²) in [5.41, 5.74) is 0.768. The number of aromatic nitrogens is 1. The molecule has 0 saturated carbocycles. The predicted octanol–water partition coefficient (Wildman–Crippen LogP) is 2.44. The van der Waals surface area contributed by atoms with E-state index in [9.17, 15) is 12.8 Å². The molecule has 6 nitrogen and oxygen atoms in total. The third kappa shape index (κ3) is 3.52. The van der Waals surface area contributed by atoms with Gasteiger partial charge in [-0.05, 0) is 49.7 Å². The number of piperazine rings is 1. The Balaban J connectivity index is 1.80. The van der Waals surface area contributed by atoms with Gasteiger partial charge in [0, 0.05) is 25.7 Å². The molecule has 8 heteroatoms. The SMILES string of the molecule is COc1ccc(S(=O)(=O)N2CCN(c3cccc(F)n3)C(C)C2)cc1C. The minimum Gasteiger partial charge on any atom is -0.496 e. The highest BCUT2D eigenvalue weighted by Crippen LogP contribution is 2.26. The molecular formula is C18H22FN3O3S. The van der Waals surface area contributed by atoms with Gasteiger partial charge < -0.3 is 9.64 Å². The van der Waals surface area contributed by atoms with Gasteiger partial charge >= 0.3 is 0 Å². The topological polar surface area (TPSA) is 62.7 Å². The van der Waals surface area contributed by atoms with Gasteiger partial charge in [0.1, 0.15) is 11.6 Å². The first-order valence-corrected chi connectivity index (χ1v) is 9.81. The second-order valence-corrected chi connectivity index (χ2v) is 8.29. The molecule has 0 radical (unpaired) electrons. The summed E-state index contributed by atoms with van der Waals surface area (Å²) < 4.78 is 46.0. The standard InChI is InChI=1S/C18H22FN3O3S/c1-13-11-15(7-8-16(13)25-3)26(23,24)21-9-10-22(14(2)12-21)18-6-4-5-17(19)20-18/h4-8,11,14H,9-10,12H2,1-3H3. The molecule has 0 aliphatic carbocycles. The Morgan fingerprint density at radius 1 is 1.23 bits per heavy atom. The van der Waals surface area contributed by atoms with E-state index in [1.165, 1.54) is 10.4 Å². The maximum Gasteiger partial charge on any atom is 0.243 e. The third-order valence-electron chi connectivity index (χ3n) is 4.59. The van der Waals surface area contributed by atoms with Crippen LogP contribution in [0.15, 0.2) is 41.3 Å². The van der Waals surface area contributed by atoms with Crippen LogP contribution < -0.4 is 9.64 Å². The predicted molar refractivity (Wildman–Crippen MR) is 97.5 cm³/mol. The molecule has 1 aliphatic heterocycles. The molecule has 1 aromatic heterocycles. The molecule has 26 heavy (non-hydrogen) atoms. The van der Waals surface area contributed by atoms with Crippen molar-refractivity contribution in [1.82, 2.24) is 9.29 Å². The van der Waals surface area contributed by atoms with Crippen LogP contribution in [-0.2, 0) is 10.0 Å².